The van der Waals surface area contributed by atoms with Crippen LogP contribution in [0.1, 0.15) is 43.9 Å². The quantitative estimate of drug-likeness (QED) is 0.744. The molecule has 0 saturated carbocycles. The van der Waals surface area contributed by atoms with E-state index in [2.05, 4.69) is 12.2 Å². The van der Waals surface area contributed by atoms with Crippen LogP contribution in [0.4, 0.5) is 0 Å². The van der Waals surface area contributed by atoms with Crippen LogP contribution in [-0.4, -0.2) is 24.2 Å². The molecular weight excluding hydrogens is 242 g/mol. The minimum atomic E-state index is -0.613. The number of hydrogen-bond acceptors (Lipinski definition) is 3. The number of amides is 1. The molecule has 0 bridgehead atoms. The first-order chi connectivity index (χ1) is 9.04. The molecule has 0 fully saturated rings. The Balaban J connectivity index is 2.55. The maximum atomic E-state index is 11.5. The van der Waals surface area contributed by atoms with Crippen LogP contribution in [0.25, 0.3) is 0 Å². The van der Waals surface area contributed by atoms with E-state index in [1.54, 1.807) is 13.0 Å². The van der Waals surface area contributed by atoms with Gasteiger partial charge >= 0.3 is 0 Å². The lowest BCUT2D eigenvalue weighted by Gasteiger charge is -2.14. The molecule has 0 spiro atoms. The summed E-state index contributed by atoms with van der Waals surface area (Å²) in [4.78, 5) is 11.5. The van der Waals surface area contributed by atoms with Crippen LogP contribution in [0.2, 0.25) is 0 Å². The number of benzene rings is 1. The lowest BCUT2D eigenvalue weighted by molar-refractivity contribution is -0.123. The van der Waals surface area contributed by atoms with Gasteiger partial charge in [-0.2, -0.15) is 0 Å². The van der Waals surface area contributed by atoms with Crippen LogP contribution in [0, 0.1) is 6.92 Å². The molecule has 1 amide bonds. The van der Waals surface area contributed by atoms with Crippen LogP contribution in [0.3, 0.4) is 0 Å². The molecule has 0 aliphatic carbocycles. The fraction of sp³-hybridized carbons (Fsp3) is 0.533. The highest BCUT2D eigenvalue weighted by Crippen LogP contribution is 2.26. The predicted molar refractivity (Wildman–Crippen MR) is 75.2 cm³/mol. The topological polar surface area (TPSA) is 58.6 Å². The molecule has 2 N–H and O–H groups in total. The normalized spacial score (nSPS) is 12.0. The van der Waals surface area contributed by atoms with E-state index in [0.717, 1.165) is 18.4 Å². The molecule has 1 rings (SSSR count). The van der Waals surface area contributed by atoms with Crippen molar-refractivity contribution in [3.05, 3.63) is 29.3 Å². The fourth-order valence-electron chi connectivity index (χ4n) is 1.72. The van der Waals surface area contributed by atoms with Gasteiger partial charge in [-0.1, -0.05) is 25.0 Å². The summed E-state index contributed by atoms with van der Waals surface area (Å²) in [6, 6.07) is 5.56. The van der Waals surface area contributed by atoms with Crippen LogP contribution in [0.15, 0.2) is 18.2 Å². The number of carbonyl (C=O) groups excluding carboxylic acids is 1. The maximum absolute atomic E-state index is 11.5. The van der Waals surface area contributed by atoms with Crippen molar-refractivity contribution in [2.45, 2.75) is 39.7 Å². The molecule has 4 heteroatoms. The van der Waals surface area contributed by atoms with E-state index in [1.807, 2.05) is 19.1 Å². The second-order valence-electron chi connectivity index (χ2n) is 4.71. The monoisotopic (exact) mass is 265 g/mol. The van der Waals surface area contributed by atoms with E-state index >= 15 is 0 Å². The molecule has 0 heterocycles. The van der Waals surface area contributed by atoms with E-state index in [4.69, 9.17) is 4.74 Å². The number of nitrogens with one attached hydrogen (secondary N) is 1. The highest BCUT2D eigenvalue weighted by molar-refractivity contribution is 5.77. The van der Waals surface area contributed by atoms with Crippen molar-refractivity contribution in [2.24, 2.45) is 0 Å². The molecular formula is C15H23NO3. The first-order valence-corrected chi connectivity index (χ1v) is 6.72. The van der Waals surface area contributed by atoms with Crippen molar-refractivity contribution in [1.29, 1.82) is 0 Å². The van der Waals surface area contributed by atoms with Crippen molar-refractivity contribution < 1.29 is 14.6 Å². The molecule has 0 aliphatic heterocycles. The van der Waals surface area contributed by atoms with Crippen molar-refractivity contribution in [1.82, 2.24) is 5.32 Å². The van der Waals surface area contributed by atoms with E-state index in [-0.39, 0.29) is 12.5 Å². The Morgan fingerprint density at radius 1 is 1.47 bits per heavy atom. The molecule has 106 valence electrons. The molecule has 0 radical (unpaired) electrons. The number of carbonyl (C=O) groups is 1. The Morgan fingerprint density at radius 3 is 2.84 bits per heavy atom. The first kappa shape index (κ1) is 15.5. The van der Waals surface area contributed by atoms with Crippen molar-refractivity contribution >= 4 is 5.91 Å². The number of aliphatic hydroxyl groups excluding tert-OH is 1. The smallest absolute Gasteiger partial charge is 0.257 e. The summed E-state index contributed by atoms with van der Waals surface area (Å²) >= 11 is 0. The standard InChI is InChI=1S/C15H23NO3/c1-4-5-8-16-15(18)10-19-14-7-6-11(2)9-13(14)12(3)17/h6-7,9,12,17H,4-5,8,10H2,1-3H3,(H,16,18)/t12-/m0/s1. The Morgan fingerprint density at radius 2 is 2.21 bits per heavy atom. The second-order valence-corrected chi connectivity index (χ2v) is 4.71. The average Bonchev–Trinajstić information content (AvgIpc) is 2.37. The third-order valence-electron chi connectivity index (χ3n) is 2.83. The Bertz CT molecular complexity index is 416. The lowest BCUT2D eigenvalue weighted by Crippen LogP contribution is -2.29. The summed E-state index contributed by atoms with van der Waals surface area (Å²) in [7, 11) is 0. The minimum absolute atomic E-state index is 0.0213. The van der Waals surface area contributed by atoms with Crippen molar-refractivity contribution in [3.63, 3.8) is 0 Å². The van der Waals surface area contributed by atoms with Crippen LogP contribution in [0.5, 0.6) is 5.75 Å². The van der Waals surface area contributed by atoms with Gasteiger partial charge in [0.05, 0.1) is 6.10 Å². The van der Waals surface area contributed by atoms with Gasteiger partial charge < -0.3 is 15.2 Å². The molecule has 1 aromatic carbocycles. The summed E-state index contributed by atoms with van der Waals surface area (Å²) < 4.78 is 5.47. The van der Waals surface area contributed by atoms with Gasteiger partial charge in [0.1, 0.15) is 5.75 Å². The molecule has 0 saturated heterocycles. The minimum Gasteiger partial charge on any atom is -0.483 e. The van der Waals surface area contributed by atoms with Gasteiger partial charge in [0, 0.05) is 12.1 Å². The van der Waals surface area contributed by atoms with Gasteiger partial charge in [-0.15, -0.1) is 0 Å². The van der Waals surface area contributed by atoms with Gasteiger partial charge in [-0.25, -0.2) is 0 Å². The van der Waals surface area contributed by atoms with Gasteiger partial charge in [0.25, 0.3) is 5.91 Å². The number of unbranched alkanes of at least 4 members (excludes halogenated alkanes) is 1. The van der Waals surface area contributed by atoms with Crippen LogP contribution >= 0.6 is 0 Å². The molecule has 1 atom stereocenters. The maximum Gasteiger partial charge on any atom is 0.257 e. The van der Waals surface area contributed by atoms with Gasteiger partial charge in [0.2, 0.25) is 0 Å². The lowest BCUT2D eigenvalue weighted by atomic mass is 10.1. The third kappa shape index (κ3) is 5.30. The number of aryl methyl sites for hydroxylation is 1. The number of ether oxygens (including phenoxy) is 1. The Kier molecular flexibility index (Phi) is 6.36. The van der Waals surface area contributed by atoms with Gasteiger partial charge in [0.15, 0.2) is 6.61 Å². The number of aliphatic hydroxyl groups is 1. The average molecular weight is 265 g/mol. The number of hydrogen-bond donors (Lipinski definition) is 2. The van der Waals surface area contributed by atoms with E-state index in [1.165, 1.54) is 0 Å². The van der Waals surface area contributed by atoms with Crippen molar-refractivity contribution in [2.75, 3.05) is 13.2 Å². The third-order valence-corrected chi connectivity index (χ3v) is 2.83. The summed E-state index contributed by atoms with van der Waals surface area (Å²) in [6.07, 6.45) is 1.40. The van der Waals surface area contributed by atoms with E-state index in [0.29, 0.717) is 17.9 Å². The zero-order chi connectivity index (χ0) is 14.3. The molecule has 0 aliphatic rings. The fourth-order valence-corrected chi connectivity index (χ4v) is 1.72. The second kappa shape index (κ2) is 7.79. The Labute approximate surface area is 114 Å². The van der Waals surface area contributed by atoms with Crippen LogP contribution in [-0.2, 0) is 4.79 Å². The molecule has 4 nitrogen and oxygen atoms in total. The summed E-state index contributed by atoms with van der Waals surface area (Å²) in [5.41, 5.74) is 1.76. The van der Waals surface area contributed by atoms with Gasteiger partial charge in [-0.05, 0) is 32.4 Å². The zero-order valence-electron chi connectivity index (χ0n) is 11.9. The number of rotatable bonds is 7. The SMILES string of the molecule is CCCCNC(=O)COc1ccc(C)cc1[C@H](C)O. The summed E-state index contributed by atoms with van der Waals surface area (Å²) in [6.45, 7) is 6.36. The van der Waals surface area contributed by atoms with Crippen molar-refractivity contribution in [3.8, 4) is 5.75 Å². The largest absolute Gasteiger partial charge is 0.483 e. The van der Waals surface area contributed by atoms with E-state index in [9.17, 15) is 9.90 Å². The van der Waals surface area contributed by atoms with E-state index < -0.39 is 6.10 Å². The predicted octanol–water partition coefficient (Wildman–Crippen LogP) is 2.34. The highest BCUT2D eigenvalue weighted by Gasteiger charge is 2.11. The molecule has 19 heavy (non-hydrogen) atoms. The Hall–Kier alpha value is -1.55. The highest BCUT2D eigenvalue weighted by atomic mass is 16.5. The summed E-state index contributed by atoms with van der Waals surface area (Å²) in [5.74, 6) is 0.428. The van der Waals surface area contributed by atoms with Gasteiger partial charge in [-0.3, -0.25) is 4.79 Å². The molecule has 0 aromatic heterocycles. The molecule has 1 aromatic rings. The zero-order valence-corrected chi connectivity index (χ0v) is 11.9. The van der Waals surface area contributed by atoms with Crippen LogP contribution < -0.4 is 10.1 Å². The first-order valence-electron chi connectivity index (χ1n) is 6.72. The summed E-state index contributed by atoms with van der Waals surface area (Å²) in [5, 5.41) is 12.5. The molecule has 0 unspecified atom stereocenters.